The predicted molar refractivity (Wildman–Crippen MR) is 112 cm³/mol. The van der Waals surface area contributed by atoms with Crippen LogP contribution in [0.1, 0.15) is 11.1 Å². The topological polar surface area (TPSA) is 106 Å². The van der Waals surface area contributed by atoms with Gasteiger partial charge in [0.05, 0.1) is 17.2 Å². The number of rotatable bonds is 10. The van der Waals surface area contributed by atoms with E-state index in [-0.39, 0.29) is 13.1 Å². The summed E-state index contributed by atoms with van der Waals surface area (Å²) in [6.07, 6.45) is 4.07. The summed E-state index contributed by atoms with van der Waals surface area (Å²) < 4.78 is 33.2. The van der Waals surface area contributed by atoms with Gasteiger partial charge in [0.1, 0.15) is 19.1 Å². The van der Waals surface area contributed by atoms with Crippen LogP contribution in [0.4, 0.5) is 14.6 Å². The van der Waals surface area contributed by atoms with E-state index in [4.69, 9.17) is 10.5 Å². The summed E-state index contributed by atoms with van der Waals surface area (Å²) in [5, 5.41) is 13.6. The molecular weight excluding hydrogens is 404 g/mol. The maximum absolute atomic E-state index is 12.8. The van der Waals surface area contributed by atoms with Gasteiger partial charge >= 0.3 is 0 Å². The molecular formula is C21H23F2N7O. The summed E-state index contributed by atoms with van der Waals surface area (Å²) in [4.78, 5) is 10.3. The minimum atomic E-state index is -0.626. The molecule has 10 heteroatoms. The van der Waals surface area contributed by atoms with Crippen molar-refractivity contribution in [2.24, 2.45) is 12.8 Å². The fourth-order valence-corrected chi connectivity index (χ4v) is 2.99. The zero-order valence-electron chi connectivity index (χ0n) is 17.1. The molecule has 2 aromatic heterocycles. The van der Waals surface area contributed by atoms with E-state index in [1.807, 2.05) is 0 Å². The molecule has 2 heterocycles. The second-order valence-corrected chi connectivity index (χ2v) is 6.71. The van der Waals surface area contributed by atoms with Crippen LogP contribution < -0.4 is 15.4 Å². The average Bonchev–Trinajstić information content (AvgIpc) is 3.14. The quantitative estimate of drug-likeness (QED) is 0.530. The highest BCUT2D eigenvalue weighted by molar-refractivity contribution is 5.66. The zero-order valence-corrected chi connectivity index (χ0v) is 17.1. The van der Waals surface area contributed by atoms with Gasteiger partial charge in [-0.15, -0.1) is 0 Å². The molecule has 3 aromatic rings. The Morgan fingerprint density at radius 2 is 1.87 bits per heavy atom. The Morgan fingerprint density at radius 1 is 1.16 bits per heavy atom. The summed E-state index contributed by atoms with van der Waals surface area (Å²) in [6, 6.07) is 8.62. The summed E-state index contributed by atoms with van der Waals surface area (Å²) >= 11 is 0. The van der Waals surface area contributed by atoms with Crippen molar-refractivity contribution >= 4 is 5.82 Å². The molecule has 0 saturated heterocycles. The van der Waals surface area contributed by atoms with Gasteiger partial charge in [-0.25, -0.2) is 23.4 Å². The number of aryl methyl sites for hydroxylation is 1. The number of benzene rings is 1. The number of halogens is 2. The Balaban J connectivity index is 1.95. The largest absolute Gasteiger partial charge is 0.438 e. The van der Waals surface area contributed by atoms with Crippen LogP contribution in [-0.4, -0.2) is 52.7 Å². The number of ether oxygens (including phenoxy) is 1. The van der Waals surface area contributed by atoms with Crippen LogP contribution in [0.2, 0.25) is 0 Å². The maximum Gasteiger partial charge on any atom is 0.219 e. The first-order chi connectivity index (χ1) is 15.1. The van der Waals surface area contributed by atoms with Crippen molar-refractivity contribution in [2.75, 3.05) is 37.9 Å². The van der Waals surface area contributed by atoms with Gasteiger partial charge < -0.3 is 15.4 Å². The first-order valence-corrected chi connectivity index (χ1v) is 9.74. The van der Waals surface area contributed by atoms with Gasteiger partial charge in [-0.05, 0) is 36.7 Å². The Morgan fingerprint density at radius 3 is 2.48 bits per heavy atom. The molecule has 0 aliphatic heterocycles. The number of hydrogen-bond donors (Lipinski definition) is 1. The predicted octanol–water partition coefficient (Wildman–Crippen LogP) is 2.79. The second kappa shape index (κ2) is 10.4. The molecule has 2 N–H and O–H groups in total. The van der Waals surface area contributed by atoms with Gasteiger partial charge in [-0.1, -0.05) is 0 Å². The number of alkyl halides is 2. The van der Waals surface area contributed by atoms with Crippen LogP contribution in [0.25, 0.3) is 11.4 Å². The van der Waals surface area contributed by atoms with Crippen molar-refractivity contribution in [3.8, 4) is 29.1 Å². The van der Waals surface area contributed by atoms with E-state index in [1.165, 1.54) is 9.58 Å². The first kappa shape index (κ1) is 22.1. The summed E-state index contributed by atoms with van der Waals surface area (Å²) in [6.45, 7) is -0.702. The minimum Gasteiger partial charge on any atom is -0.438 e. The molecule has 0 unspecified atom stereocenters. The van der Waals surface area contributed by atoms with E-state index in [1.54, 1.807) is 43.7 Å². The van der Waals surface area contributed by atoms with E-state index < -0.39 is 13.3 Å². The molecule has 1 aromatic carbocycles. The van der Waals surface area contributed by atoms with E-state index in [2.05, 4.69) is 21.1 Å². The number of nitrogens with zero attached hydrogens (tertiary/aromatic N) is 6. The molecule has 0 radical (unpaired) electrons. The molecule has 0 aliphatic carbocycles. The molecule has 0 atom stereocenters. The van der Waals surface area contributed by atoms with Gasteiger partial charge in [0, 0.05) is 38.6 Å². The van der Waals surface area contributed by atoms with Crippen molar-refractivity contribution in [3.63, 3.8) is 0 Å². The van der Waals surface area contributed by atoms with Crippen molar-refractivity contribution < 1.29 is 13.5 Å². The van der Waals surface area contributed by atoms with Crippen molar-refractivity contribution in [2.45, 2.75) is 6.42 Å². The van der Waals surface area contributed by atoms with Crippen molar-refractivity contribution in [3.05, 3.63) is 47.8 Å². The lowest BCUT2D eigenvalue weighted by molar-refractivity contribution is 0.431. The van der Waals surface area contributed by atoms with Crippen molar-refractivity contribution in [1.82, 2.24) is 19.7 Å². The van der Waals surface area contributed by atoms with E-state index in [0.29, 0.717) is 47.4 Å². The lowest BCUT2D eigenvalue weighted by Crippen LogP contribution is -2.28. The minimum absolute atomic E-state index is 0.0263. The molecule has 0 spiro atoms. The molecule has 162 valence electrons. The average molecular weight is 427 g/mol. The first-order valence-electron chi connectivity index (χ1n) is 9.74. The molecule has 31 heavy (non-hydrogen) atoms. The normalized spacial score (nSPS) is 10.7. The monoisotopic (exact) mass is 427 g/mol. The Hall–Kier alpha value is -3.58. The highest BCUT2D eigenvalue weighted by Crippen LogP contribution is 2.33. The molecule has 0 amide bonds. The third-order valence-corrected chi connectivity index (χ3v) is 4.56. The second-order valence-electron chi connectivity index (χ2n) is 6.71. The lowest BCUT2D eigenvalue weighted by Gasteiger charge is -2.18. The highest BCUT2D eigenvalue weighted by Gasteiger charge is 2.17. The molecule has 3 rings (SSSR count). The van der Waals surface area contributed by atoms with Crippen molar-refractivity contribution in [1.29, 1.82) is 5.26 Å². The fraction of sp³-hybridized carbons (Fsp3) is 0.333. The fourth-order valence-electron chi connectivity index (χ4n) is 2.99. The molecule has 0 aliphatic rings. The number of aromatic nitrogens is 4. The number of hydrogen-bond acceptors (Lipinski definition) is 7. The molecule has 0 fully saturated rings. The summed E-state index contributed by atoms with van der Waals surface area (Å²) in [7, 11) is 1.66. The highest BCUT2D eigenvalue weighted by atomic mass is 19.1. The van der Waals surface area contributed by atoms with Crippen LogP contribution in [0.15, 0.2) is 36.7 Å². The summed E-state index contributed by atoms with van der Waals surface area (Å²) in [5.74, 6) is 1.53. The molecule has 8 nitrogen and oxygen atoms in total. The van der Waals surface area contributed by atoms with Crippen LogP contribution in [0, 0.1) is 11.3 Å². The van der Waals surface area contributed by atoms with Gasteiger partial charge in [0.2, 0.25) is 5.88 Å². The van der Waals surface area contributed by atoms with Gasteiger partial charge in [-0.3, -0.25) is 0 Å². The standard InChI is InChI=1S/C21H23F2N7O/c1-29-20(11-19(28-29)30(8-5-22)9-6-23)31-18-10-15(12-25)2-3-17(18)21-26-13-16(4-7-24)14-27-21/h2-3,10-11,13-14H,4-9,24H2,1H3. The number of nitrogens with two attached hydrogens (primary N) is 1. The Labute approximate surface area is 178 Å². The zero-order chi connectivity index (χ0) is 22.2. The van der Waals surface area contributed by atoms with Crippen LogP contribution in [-0.2, 0) is 13.5 Å². The van der Waals surface area contributed by atoms with Gasteiger partial charge in [-0.2, -0.15) is 10.4 Å². The Kier molecular flexibility index (Phi) is 7.45. The number of anilines is 1. The molecule has 0 saturated carbocycles. The Bertz CT molecular complexity index is 1040. The number of nitriles is 1. The van der Waals surface area contributed by atoms with Gasteiger partial charge in [0.25, 0.3) is 0 Å². The third kappa shape index (κ3) is 5.32. The molecule has 0 bridgehead atoms. The summed E-state index contributed by atoms with van der Waals surface area (Å²) in [5.41, 5.74) is 7.47. The van der Waals surface area contributed by atoms with E-state index >= 15 is 0 Å². The SMILES string of the molecule is Cn1nc(N(CCF)CCF)cc1Oc1cc(C#N)ccc1-c1ncc(CCN)cn1. The van der Waals surface area contributed by atoms with E-state index in [0.717, 1.165) is 5.56 Å². The van der Waals surface area contributed by atoms with Crippen LogP contribution in [0.3, 0.4) is 0 Å². The van der Waals surface area contributed by atoms with Crippen LogP contribution in [0.5, 0.6) is 11.6 Å². The van der Waals surface area contributed by atoms with Gasteiger partial charge in [0.15, 0.2) is 11.6 Å². The smallest absolute Gasteiger partial charge is 0.219 e. The van der Waals surface area contributed by atoms with E-state index in [9.17, 15) is 14.0 Å². The lowest BCUT2D eigenvalue weighted by atomic mass is 10.1. The third-order valence-electron chi connectivity index (χ3n) is 4.56. The maximum atomic E-state index is 12.8. The van der Waals surface area contributed by atoms with Crippen LogP contribution >= 0.6 is 0 Å².